The Kier molecular flexibility index (Phi) is 3.24. The number of imide groups is 2. The summed E-state index contributed by atoms with van der Waals surface area (Å²) in [7, 11) is 0. The number of urea groups is 1. The molecular weight excluding hydrogens is 266 g/mol. The van der Waals surface area contributed by atoms with Crippen LogP contribution in [0.1, 0.15) is 17.3 Å². The molecule has 0 spiro atoms. The van der Waals surface area contributed by atoms with Crippen molar-refractivity contribution >= 4 is 23.8 Å². The highest BCUT2D eigenvalue weighted by Gasteiger charge is 2.53. The smallest absolute Gasteiger partial charge is 0.284 e. The number of barbiturate groups is 1. The summed E-state index contributed by atoms with van der Waals surface area (Å²) in [4.78, 5) is 46.6. The van der Waals surface area contributed by atoms with E-state index < -0.39 is 29.3 Å². The molecule has 8 heteroatoms. The number of hydroxylamine groups is 2. The predicted molar refractivity (Wildman–Crippen MR) is 64.5 cm³/mol. The van der Waals surface area contributed by atoms with E-state index in [1.165, 1.54) is 12.1 Å². The molecule has 20 heavy (non-hydrogen) atoms. The number of hydrogen-bond donors (Lipinski definition) is 3. The molecule has 1 aliphatic heterocycles. The van der Waals surface area contributed by atoms with Crippen molar-refractivity contribution < 1.29 is 24.4 Å². The molecule has 0 unspecified atom stereocenters. The Hall–Kier alpha value is -2.74. The zero-order valence-electron chi connectivity index (χ0n) is 10.4. The van der Waals surface area contributed by atoms with Gasteiger partial charge in [0.15, 0.2) is 0 Å². The first kappa shape index (κ1) is 13.7. The molecule has 0 aliphatic carbocycles. The van der Waals surface area contributed by atoms with Crippen LogP contribution in [0.2, 0.25) is 0 Å². The lowest BCUT2D eigenvalue weighted by molar-refractivity contribution is -0.170. The van der Waals surface area contributed by atoms with Gasteiger partial charge >= 0.3 is 6.03 Å². The van der Waals surface area contributed by atoms with Crippen LogP contribution >= 0.6 is 0 Å². The fourth-order valence-electron chi connectivity index (χ4n) is 1.68. The lowest BCUT2D eigenvalue weighted by Gasteiger charge is -2.35. The highest BCUT2D eigenvalue weighted by atomic mass is 16.5. The fraction of sp³-hybridized carbons (Fsp3) is 0.167. The van der Waals surface area contributed by atoms with Crippen molar-refractivity contribution in [3.8, 4) is 0 Å². The number of rotatable bonds is 2. The van der Waals surface area contributed by atoms with Gasteiger partial charge in [0.25, 0.3) is 17.7 Å². The Labute approximate surface area is 113 Å². The van der Waals surface area contributed by atoms with Crippen LogP contribution < -0.4 is 10.6 Å². The molecule has 0 radical (unpaired) electrons. The number of benzene rings is 1. The number of carbonyl (C=O) groups is 4. The van der Waals surface area contributed by atoms with Gasteiger partial charge in [-0.2, -0.15) is 5.06 Å². The van der Waals surface area contributed by atoms with Gasteiger partial charge in [-0.1, -0.05) is 18.2 Å². The molecule has 0 aromatic heterocycles. The summed E-state index contributed by atoms with van der Waals surface area (Å²) in [6.07, 6.45) is 0. The van der Waals surface area contributed by atoms with Gasteiger partial charge in [-0.25, -0.2) is 4.79 Å². The van der Waals surface area contributed by atoms with Crippen molar-refractivity contribution in [2.75, 3.05) is 0 Å². The van der Waals surface area contributed by atoms with Crippen LogP contribution in [0.4, 0.5) is 4.79 Å². The van der Waals surface area contributed by atoms with E-state index in [0.717, 1.165) is 6.92 Å². The van der Waals surface area contributed by atoms with Crippen LogP contribution in [0.25, 0.3) is 0 Å². The van der Waals surface area contributed by atoms with Crippen molar-refractivity contribution in [1.82, 2.24) is 15.7 Å². The van der Waals surface area contributed by atoms with E-state index in [-0.39, 0.29) is 10.6 Å². The highest BCUT2D eigenvalue weighted by molar-refractivity contribution is 6.23. The summed E-state index contributed by atoms with van der Waals surface area (Å²) >= 11 is 0. The molecule has 0 saturated carbocycles. The molecule has 1 aromatic rings. The lowest BCUT2D eigenvalue weighted by atomic mass is 9.97. The topological polar surface area (TPSA) is 116 Å². The minimum atomic E-state index is -2.22. The van der Waals surface area contributed by atoms with Gasteiger partial charge < -0.3 is 0 Å². The number of amides is 5. The third-order valence-electron chi connectivity index (χ3n) is 2.98. The van der Waals surface area contributed by atoms with E-state index in [4.69, 9.17) is 0 Å². The first-order valence-electron chi connectivity index (χ1n) is 5.62. The molecular formula is C12H11N3O5. The molecule has 1 aliphatic rings. The molecule has 3 N–H and O–H groups in total. The van der Waals surface area contributed by atoms with Gasteiger partial charge in [-0.05, 0) is 19.1 Å². The molecule has 2 rings (SSSR count). The van der Waals surface area contributed by atoms with Crippen molar-refractivity contribution in [3.63, 3.8) is 0 Å². The molecule has 1 heterocycles. The van der Waals surface area contributed by atoms with Crippen LogP contribution in [0, 0.1) is 0 Å². The molecule has 104 valence electrons. The number of nitrogens with one attached hydrogen (secondary N) is 2. The standard InChI is InChI=1S/C12H11N3O5/c1-12(9(17)13-11(19)14-10(12)18)15(20)8(16)7-5-3-2-4-6-7/h2-6,20H,1H3,(H2,13,14,17,18,19). The van der Waals surface area contributed by atoms with Crippen molar-refractivity contribution in [2.24, 2.45) is 0 Å². The molecule has 8 nitrogen and oxygen atoms in total. The van der Waals surface area contributed by atoms with Gasteiger partial charge in [0, 0.05) is 5.56 Å². The third kappa shape index (κ3) is 2.01. The largest absolute Gasteiger partial charge is 0.328 e. The summed E-state index contributed by atoms with van der Waals surface area (Å²) in [6.45, 7) is 1.03. The van der Waals surface area contributed by atoms with Crippen molar-refractivity contribution in [3.05, 3.63) is 35.9 Å². The Morgan fingerprint density at radius 1 is 1.10 bits per heavy atom. The summed E-state index contributed by atoms with van der Waals surface area (Å²) in [5.41, 5.74) is -2.13. The van der Waals surface area contributed by atoms with E-state index in [1.807, 2.05) is 10.6 Å². The number of hydrogen-bond acceptors (Lipinski definition) is 5. The average Bonchev–Trinajstić information content (AvgIpc) is 2.44. The normalized spacial score (nSPS) is 17.2. The summed E-state index contributed by atoms with van der Waals surface area (Å²) in [6, 6.07) is 6.62. The molecule has 1 aromatic carbocycles. The summed E-state index contributed by atoms with van der Waals surface area (Å²) < 4.78 is 0. The Morgan fingerprint density at radius 2 is 1.60 bits per heavy atom. The Morgan fingerprint density at radius 3 is 2.10 bits per heavy atom. The lowest BCUT2D eigenvalue weighted by Crippen LogP contribution is -2.72. The van der Waals surface area contributed by atoms with Crippen LogP contribution in [0.3, 0.4) is 0 Å². The van der Waals surface area contributed by atoms with E-state index >= 15 is 0 Å². The molecule has 0 bridgehead atoms. The second kappa shape index (κ2) is 4.74. The van der Waals surface area contributed by atoms with Crippen molar-refractivity contribution in [1.29, 1.82) is 0 Å². The maximum absolute atomic E-state index is 12.1. The SMILES string of the molecule is CC1(N(O)C(=O)c2ccccc2)C(=O)NC(=O)NC1=O. The minimum Gasteiger partial charge on any atom is -0.284 e. The van der Waals surface area contributed by atoms with Gasteiger partial charge in [-0.3, -0.25) is 30.2 Å². The summed E-state index contributed by atoms with van der Waals surface area (Å²) in [5, 5.41) is 13.6. The highest BCUT2D eigenvalue weighted by Crippen LogP contribution is 2.19. The minimum absolute atomic E-state index is 0.0133. The first-order valence-corrected chi connectivity index (χ1v) is 5.62. The molecule has 1 saturated heterocycles. The first-order chi connectivity index (χ1) is 9.37. The number of carbonyl (C=O) groups excluding carboxylic acids is 4. The van der Waals surface area contributed by atoms with E-state index in [9.17, 15) is 24.4 Å². The van der Waals surface area contributed by atoms with E-state index in [1.54, 1.807) is 18.2 Å². The monoisotopic (exact) mass is 277 g/mol. The van der Waals surface area contributed by atoms with Gasteiger partial charge in [0.1, 0.15) is 0 Å². The average molecular weight is 277 g/mol. The quantitative estimate of drug-likeness (QED) is 0.388. The van der Waals surface area contributed by atoms with Crippen LogP contribution in [0.5, 0.6) is 0 Å². The second-order valence-corrected chi connectivity index (χ2v) is 4.29. The molecule has 1 fully saturated rings. The molecule has 5 amide bonds. The summed E-state index contributed by atoms with van der Waals surface area (Å²) in [5.74, 6) is -3.11. The van der Waals surface area contributed by atoms with Gasteiger partial charge in [0.2, 0.25) is 5.54 Å². The Balaban J connectivity index is 2.34. The Bertz CT molecular complexity index is 578. The van der Waals surface area contributed by atoms with E-state index in [0.29, 0.717) is 0 Å². The third-order valence-corrected chi connectivity index (χ3v) is 2.98. The predicted octanol–water partition coefficient (Wildman–Crippen LogP) is -0.357. The maximum Gasteiger partial charge on any atom is 0.328 e. The fourth-order valence-corrected chi connectivity index (χ4v) is 1.68. The van der Waals surface area contributed by atoms with Gasteiger partial charge in [0.05, 0.1) is 0 Å². The molecule has 0 atom stereocenters. The second-order valence-electron chi connectivity index (χ2n) is 4.29. The van der Waals surface area contributed by atoms with E-state index in [2.05, 4.69) is 0 Å². The van der Waals surface area contributed by atoms with Crippen LogP contribution in [-0.4, -0.2) is 39.6 Å². The zero-order chi connectivity index (χ0) is 14.9. The zero-order valence-corrected chi connectivity index (χ0v) is 10.4. The number of nitrogens with zero attached hydrogens (tertiary/aromatic N) is 1. The maximum atomic E-state index is 12.1. The van der Waals surface area contributed by atoms with Gasteiger partial charge in [-0.15, -0.1) is 0 Å². The van der Waals surface area contributed by atoms with Crippen LogP contribution in [0.15, 0.2) is 30.3 Å². The van der Waals surface area contributed by atoms with Crippen molar-refractivity contribution in [2.45, 2.75) is 12.5 Å². The van der Waals surface area contributed by atoms with Crippen LogP contribution in [-0.2, 0) is 9.59 Å².